The smallest absolute Gasteiger partial charge is 0.328 e. The lowest BCUT2D eigenvalue weighted by Crippen LogP contribution is -2.42. The van der Waals surface area contributed by atoms with E-state index in [-0.39, 0.29) is 4.91 Å². The molecule has 2 amide bonds. The molecule has 6 nitrogen and oxygen atoms in total. The highest BCUT2D eigenvalue weighted by atomic mass is 32.2. The number of carbonyl (C=O) groups excluding carboxylic acids is 3. The third-order valence-corrected chi connectivity index (χ3v) is 4.13. The van der Waals surface area contributed by atoms with Crippen molar-refractivity contribution in [2.75, 3.05) is 13.7 Å². The van der Waals surface area contributed by atoms with Crippen molar-refractivity contribution in [3.05, 3.63) is 34.7 Å². The lowest BCUT2D eigenvalue weighted by Gasteiger charge is -2.18. The Morgan fingerprint density at radius 1 is 1.30 bits per heavy atom. The molecule has 0 spiro atoms. The molecule has 23 heavy (non-hydrogen) atoms. The molecule has 1 aromatic carbocycles. The normalized spacial score (nSPS) is 17.5. The maximum atomic E-state index is 12.3. The van der Waals surface area contributed by atoms with Crippen molar-refractivity contribution in [1.82, 2.24) is 4.90 Å². The molecule has 0 aromatic heterocycles. The first kappa shape index (κ1) is 17.1. The molecule has 0 unspecified atom stereocenters. The monoisotopic (exact) mass is 335 g/mol. The van der Waals surface area contributed by atoms with Crippen LogP contribution in [0.1, 0.15) is 19.4 Å². The SMILES string of the molecule is CCOc1ccc(/C=C2/SC(=O)N([C@@H](C)C(=O)OC)C2=O)cc1. The summed E-state index contributed by atoms with van der Waals surface area (Å²) in [4.78, 5) is 37.1. The summed E-state index contributed by atoms with van der Waals surface area (Å²) >= 11 is 0.807. The van der Waals surface area contributed by atoms with Crippen molar-refractivity contribution in [2.45, 2.75) is 19.9 Å². The lowest BCUT2D eigenvalue weighted by molar-refractivity contribution is -0.148. The van der Waals surface area contributed by atoms with Crippen molar-refractivity contribution >= 4 is 35.0 Å². The van der Waals surface area contributed by atoms with Crippen LogP contribution in [0.15, 0.2) is 29.2 Å². The van der Waals surface area contributed by atoms with Gasteiger partial charge in [-0.05, 0) is 49.4 Å². The number of rotatable bonds is 5. The Morgan fingerprint density at radius 3 is 2.52 bits per heavy atom. The van der Waals surface area contributed by atoms with Gasteiger partial charge in [-0.25, -0.2) is 4.79 Å². The summed E-state index contributed by atoms with van der Waals surface area (Å²) in [5.74, 6) is -0.390. The van der Waals surface area contributed by atoms with E-state index in [4.69, 9.17) is 4.74 Å². The number of methoxy groups -OCH3 is 1. The largest absolute Gasteiger partial charge is 0.494 e. The summed E-state index contributed by atoms with van der Waals surface area (Å²) in [6.45, 7) is 3.93. The third kappa shape index (κ3) is 3.73. The van der Waals surface area contributed by atoms with Crippen LogP contribution in [-0.4, -0.2) is 41.8 Å². The molecule has 0 bridgehead atoms. The molecule has 0 saturated carbocycles. The van der Waals surface area contributed by atoms with E-state index in [9.17, 15) is 14.4 Å². The fourth-order valence-electron chi connectivity index (χ4n) is 2.07. The van der Waals surface area contributed by atoms with Gasteiger partial charge in [0.05, 0.1) is 18.6 Å². The van der Waals surface area contributed by atoms with E-state index in [1.165, 1.54) is 14.0 Å². The Kier molecular flexibility index (Phi) is 5.44. The van der Waals surface area contributed by atoms with Gasteiger partial charge in [0.25, 0.3) is 11.1 Å². The van der Waals surface area contributed by atoms with Crippen molar-refractivity contribution < 1.29 is 23.9 Å². The van der Waals surface area contributed by atoms with Gasteiger partial charge in [-0.15, -0.1) is 0 Å². The maximum absolute atomic E-state index is 12.3. The van der Waals surface area contributed by atoms with Crippen LogP contribution in [-0.2, 0) is 14.3 Å². The zero-order valence-corrected chi connectivity index (χ0v) is 13.9. The van der Waals surface area contributed by atoms with Crippen molar-refractivity contribution in [3.63, 3.8) is 0 Å². The molecule has 122 valence electrons. The minimum Gasteiger partial charge on any atom is -0.494 e. The Balaban J connectivity index is 2.19. The predicted octanol–water partition coefficient (Wildman–Crippen LogP) is 2.68. The summed E-state index contributed by atoms with van der Waals surface area (Å²) in [6.07, 6.45) is 1.62. The number of ether oxygens (including phenoxy) is 2. The fourth-order valence-corrected chi connectivity index (χ4v) is 2.98. The van der Waals surface area contributed by atoms with Gasteiger partial charge in [0, 0.05) is 0 Å². The van der Waals surface area contributed by atoms with Crippen LogP contribution in [0.25, 0.3) is 6.08 Å². The fraction of sp³-hybridized carbons (Fsp3) is 0.312. The van der Waals surface area contributed by atoms with Crippen molar-refractivity contribution in [3.8, 4) is 5.75 Å². The molecule has 0 aliphatic carbocycles. The quantitative estimate of drug-likeness (QED) is 0.608. The van der Waals surface area contributed by atoms with Crippen LogP contribution in [0.5, 0.6) is 5.75 Å². The Morgan fingerprint density at radius 2 is 1.96 bits per heavy atom. The maximum Gasteiger partial charge on any atom is 0.328 e. The van der Waals surface area contributed by atoms with E-state index in [2.05, 4.69) is 4.74 Å². The molecule has 1 aliphatic rings. The number of carbonyl (C=O) groups is 3. The van der Waals surface area contributed by atoms with Gasteiger partial charge >= 0.3 is 5.97 Å². The highest BCUT2D eigenvalue weighted by Crippen LogP contribution is 2.34. The molecule has 2 rings (SSSR count). The Labute approximate surface area is 138 Å². The first-order valence-corrected chi connectivity index (χ1v) is 7.87. The van der Waals surface area contributed by atoms with E-state index in [0.29, 0.717) is 6.61 Å². The number of thioether (sulfide) groups is 1. The van der Waals surface area contributed by atoms with Crippen LogP contribution in [0.3, 0.4) is 0 Å². The highest BCUT2D eigenvalue weighted by Gasteiger charge is 2.41. The second-order valence-corrected chi connectivity index (χ2v) is 5.75. The minimum atomic E-state index is -0.946. The second kappa shape index (κ2) is 7.32. The summed E-state index contributed by atoms with van der Waals surface area (Å²) < 4.78 is 9.93. The van der Waals surface area contributed by atoms with Gasteiger partial charge < -0.3 is 9.47 Å². The second-order valence-electron chi connectivity index (χ2n) is 4.75. The van der Waals surface area contributed by atoms with Crippen LogP contribution < -0.4 is 4.74 Å². The molecule has 1 atom stereocenters. The van der Waals surface area contributed by atoms with Gasteiger partial charge in [-0.3, -0.25) is 14.5 Å². The van der Waals surface area contributed by atoms with Crippen molar-refractivity contribution in [2.24, 2.45) is 0 Å². The van der Waals surface area contributed by atoms with Gasteiger partial charge in [0.1, 0.15) is 11.8 Å². The van der Waals surface area contributed by atoms with E-state index >= 15 is 0 Å². The van der Waals surface area contributed by atoms with E-state index < -0.39 is 23.2 Å². The predicted molar refractivity (Wildman–Crippen MR) is 86.9 cm³/mol. The van der Waals surface area contributed by atoms with Crippen molar-refractivity contribution in [1.29, 1.82) is 0 Å². The zero-order valence-electron chi connectivity index (χ0n) is 13.1. The number of amides is 2. The van der Waals surface area contributed by atoms with Gasteiger partial charge in [-0.2, -0.15) is 0 Å². The molecule has 1 fully saturated rings. The summed E-state index contributed by atoms with van der Waals surface area (Å²) in [5.41, 5.74) is 0.768. The van der Waals surface area contributed by atoms with Gasteiger partial charge in [-0.1, -0.05) is 12.1 Å². The summed E-state index contributed by atoms with van der Waals surface area (Å²) in [5, 5.41) is -0.481. The summed E-state index contributed by atoms with van der Waals surface area (Å²) in [6, 6.07) is 6.22. The lowest BCUT2D eigenvalue weighted by atomic mass is 10.2. The number of hydrogen-bond acceptors (Lipinski definition) is 6. The topological polar surface area (TPSA) is 72.9 Å². The van der Waals surface area contributed by atoms with Gasteiger partial charge in [0.15, 0.2) is 0 Å². The molecular formula is C16H17NO5S. The standard InChI is InChI=1S/C16H17NO5S/c1-4-22-12-7-5-11(6-8-12)9-13-14(18)17(16(20)23-13)10(2)15(19)21-3/h5-10H,4H2,1-3H3/b13-9+/t10-/m0/s1. The molecule has 7 heteroatoms. The number of hydrogen-bond donors (Lipinski definition) is 0. The molecule has 0 radical (unpaired) electrons. The van der Waals surface area contributed by atoms with Crippen LogP contribution in [0.2, 0.25) is 0 Å². The Hall–Kier alpha value is -2.28. The average Bonchev–Trinajstić information content (AvgIpc) is 2.82. The third-order valence-electron chi connectivity index (χ3n) is 3.24. The minimum absolute atomic E-state index is 0.273. The van der Waals surface area contributed by atoms with E-state index in [1.807, 2.05) is 6.92 Å². The van der Waals surface area contributed by atoms with Crippen LogP contribution in [0.4, 0.5) is 4.79 Å². The van der Waals surface area contributed by atoms with Gasteiger partial charge in [0.2, 0.25) is 0 Å². The highest BCUT2D eigenvalue weighted by molar-refractivity contribution is 8.18. The van der Waals surface area contributed by atoms with Crippen LogP contribution in [0, 0.1) is 0 Å². The number of nitrogens with zero attached hydrogens (tertiary/aromatic N) is 1. The zero-order chi connectivity index (χ0) is 17.0. The number of esters is 1. The molecular weight excluding hydrogens is 318 g/mol. The molecule has 1 aliphatic heterocycles. The van der Waals surface area contributed by atoms with Crippen LogP contribution >= 0.6 is 11.8 Å². The average molecular weight is 335 g/mol. The molecule has 0 N–H and O–H groups in total. The molecule has 1 aromatic rings. The molecule has 1 saturated heterocycles. The van der Waals surface area contributed by atoms with E-state index in [1.54, 1.807) is 30.3 Å². The Bertz CT molecular complexity index is 653. The first-order valence-electron chi connectivity index (χ1n) is 7.05. The molecule has 1 heterocycles. The van der Waals surface area contributed by atoms with E-state index in [0.717, 1.165) is 28.0 Å². The number of benzene rings is 1. The first-order chi connectivity index (χ1) is 11.0. The number of imide groups is 1. The summed E-state index contributed by atoms with van der Waals surface area (Å²) in [7, 11) is 1.22.